The van der Waals surface area contributed by atoms with Crippen LogP contribution >= 0.6 is 0 Å². The molecule has 0 heterocycles. The van der Waals surface area contributed by atoms with Gasteiger partial charge in [-0.25, -0.2) is 0 Å². The van der Waals surface area contributed by atoms with Gasteiger partial charge in [-0.2, -0.15) is 13.2 Å². The molecule has 5 heteroatoms. The van der Waals surface area contributed by atoms with Gasteiger partial charge in [0.15, 0.2) is 0 Å². The second-order valence-corrected chi connectivity index (χ2v) is 3.68. The van der Waals surface area contributed by atoms with Crippen molar-refractivity contribution in [1.82, 2.24) is 10.2 Å². The molecule has 0 spiro atoms. The Bertz CT molecular complexity index is 153. The normalized spacial score (nSPS) is 14.6. The summed E-state index contributed by atoms with van der Waals surface area (Å²) in [6.45, 7) is 3.99. The van der Waals surface area contributed by atoms with Gasteiger partial charge in [0.2, 0.25) is 0 Å². The zero-order valence-electron chi connectivity index (χ0n) is 9.69. The Morgan fingerprint density at radius 2 is 1.87 bits per heavy atom. The van der Waals surface area contributed by atoms with Crippen molar-refractivity contribution in [3.8, 4) is 0 Å². The molecule has 0 aromatic rings. The van der Waals surface area contributed by atoms with E-state index in [2.05, 4.69) is 5.32 Å². The molecule has 0 amide bonds. The minimum Gasteiger partial charge on any atom is -0.318 e. The summed E-state index contributed by atoms with van der Waals surface area (Å²) in [5.41, 5.74) is 0. The molecule has 0 rings (SSSR count). The van der Waals surface area contributed by atoms with Crippen molar-refractivity contribution >= 4 is 0 Å². The highest BCUT2D eigenvalue weighted by molar-refractivity contribution is 4.74. The smallest absolute Gasteiger partial charge is 0.318 e. The average Bonchev–Trinajstić information content (AvgIpc) is 2.12. The van der Waals surface area contributed by atoms with Gasteiger partial charge >= 0.3 is 6.18 Å². The predicted octanol–water partition coefficient (Wildman–Crippen LogP) is 2.26. The van der Waals surface area contributed by atoms with E-state index in [-0.39, 0.29) is 6.04 Å². The first kappa shape index (κ1) is 14.7. The molecular formula is C10H21F3N2. The summed E-state index contributed by atoms with van der Waals surface area (Å²) in [5, 5.41) is 2.94. The maximum Gasteiger partial charge on any atom is 0.401 e. The van der Waals surface area contributed by atoms with Crippen LogP contribution < -0.4 is 5.32 Å². The fraction of sp³-hybridized carbons (Fsp3) is 1.00. The van der Waals surface area contributed by atoms with E-state index in [1.807, 2.05) is 6.92 Å². The fourth-order valence-corrected chi connectivity index (χ4v) is 1.71. The maximum absolute atomic E-state index is 12.3. The molecule has 1 N–H and O–H groups in total. The van der Waals surface area contributed by atoms with E-state index >= 15 is 0 Å². The number of nitrogens with one attached hydrogen (secondary N) is 1. The fourth-order valence-electron chi connectivity index (χ4n) is 1.71. The summed E-state index contributed by atoms with van der Waals surface area (Å²) in [5.74, 6) is 0. The zero-order valence-corrected chi connectivity index (χ0v) is 9.69. The molecule has 0 bridgehead atoms. The summed E-state index contributed by atoms with van der Waals surface area (Å²) in [6, 6.07) is -0.0216. The van der Waals surface area contributed by atoms with Crippen LogP contribution in [0.25, 0.3) is 0 Å². The molecule has 0 saturated heterocycles. The van der Waals surface area contributed by atoms with Crippen LogP contribution in [0.4, 0.5) is 13.2 Å². The standard InChI is InChI=1S/C10H21F3N2/c1-4-6-9(7-14-3)15(5-2)8-10(11,12)13/h9,14H,4-8H2,1-3H3. The van der Waals surface area contributed by atoms with Gasteiger partial charge < -0.3 is 5.32 Å². The SMILES string of the molecule is CCCC(CNC)N(CC)CC(F)(F)F. The van der Waals surface area contributed by atoms with Crippen LogP contribution in [0.5, 0.6) is 0 Å². The lowest BCUT2D eigenvalue weighted by Gasteiger charge is -2.31. The number of hydrogen-bond donors (Lipinski definition) is 1. The van der Waals surface area contributed by atoms with E-state index in [0.29, 0.717) is 13.1 Å². The van der Waals surface area contributed by atoms with E-state index in [4.69, 9.17) is 0 Å². The van der Waals surface area contributed by atoms with Gasteiger partial charge in [0.05, 0.1) is 6.54 Å². The summed E-state index contributed by atoms with van der Waals surface area (Å²) < 4.78 is 36.8. The molecule has 0 saturated carbocycles. The van der Waals surface area contributed by atoms with E-state index in [0.717, 1.165) is 12.8 Å². The third kappa shape index (κ3) is 6.73. The van der Waals surface area contributed by atoms with Crippen LogP contribution in [0.1, 0.15) is 26.7 Å². The lowest BCUT2D eigenvalue weighted by Crippen LogP contribution is -2.45. The largest absolute Gasteiger partial charge is 0.401 e. The van der Waals surface area contributed by atoms with Gasteiger partial charge in [-0.05, 0) is 20.0 Å². The van der Waals surface area contributed by atoms with E-state index in [1.165, 1.54) is 4.90 Å². The molecule has 2 nitrogen and oxygen atoms in total. The lowest BCUT2D eigenvalue weighted by atomic mass is 10.1. The monoisotopic (exact) mass is 226 g/mol. The van der Waals surface area contributed by atoms with Crippen molar-refractivity contribution in [2.24, 2.45) is 0 Å². The third-order valence-electron chi connectivity index (χ3n) is 2.37. The first-order valence-electron chi connectivity index (χ1n) is 5.40. The van der Waals surface area contributed by atoms with Gasteiger partial charge in [0.25, 0.3) is 0 Å². The van der Waals surface area contributed by atoms with Crippen molar-refractivity contribution in [1.29, 1.82) is 0 Å². The second-order valence-electron chi connectivity index (χ2n) is 3.68. The highest BCUT2D eigenvalue weighted by atomic mass is 19.4. The number of likely N-dealkylation sites (N-methyl/N-ethyl adjacent to an activating group) is 2. The van der Waals surface area contributed by atoms with Gasteiger partial charge in [-0.15, -0.1) is 0 Å². The zero-order chi connectivity index (χ0) is 11.9. The second kappa shape index (κ2) is 7.06. The molecular weight excluding hydrogens is 205 g/mol. The summed E-state index contributed by atoms with van der Waals surface area (Å²) >= 11 is 0. The Hall–Kier alpha value is -0.290. The molecule has 1 unspecified atom stereocenters. The Kier molecular flexibility index (Phi) is 6.92. The quantitative estimate of drug-likeness (QED) is 0.716. The molecule has 1 atom stereocenters. The molecule has 0 aliphatic carbocycles. The van der Waals surface area contributed by atoms with E-state index in [9.17, 15) is 13.2 Å². The van der Waals surface area contributed by atoms with Crippen molar-refractivity contribution < 1.29 is 13.2 Å². The number of nitrogens with zero attached hydrogens (tertiary/aromatic N) is 1. The van der Waals surface area contributed by atoms with Crippen molar-refractivity contribution in [2.45, 2.75) is 38.9 Å². The Morgan fingerprint density at radius 3 is 2.20 bits per heavy atom. The van der Waals surface area contributed by atoms with Crippen LogP contribution in [0, 0.1) is 0 Å². The molecule has 0 fully saturated rings. The van der Waals surface area contributed by atoms with E-state index < -0.39 is 12.7 Å². The minimum absolute atomic E-state index is 0.0216. The van der Waals surface area contributed by atoms with Crippen molar-refractivity contribution in [3.63, 3.8) is 0 Å². The van der Waals surface area contributed by atoms with Gasteiger partial charge in [0.1, 0.15) is 0 Å². The molecule has 92 valence electrons. The minimum atomic E-state index is -4.10. The summed E-state index contributed by atoms with van der Waals surface area (Å²) in [6.07, 6.45) is -2.40. The first-order chi connectivity index (χ1) is 6.94. The Morgan fingerprint density at radius 1 is 1.27 bits per heavy atom. The van der Waals surface area contributed by atoms with Crippen molar-refractivity contribution in [3.05, 3.63) is 0 Å². The molecule has 0 aromatic carbocycles. The number of hydrogen-bond acceptors (Lipinski definition) is 2. The summed E-state index contributed by atoms with van der Waals surface area (Å²) in [7, 11) is 1.77. The van der Waals surface area contributed by atoms with Gasteiger partial charge in [-0.1, -0.05) is 20.3 Å². The molecule has 0 aliphatic rings. The summed E-state index contributed by atoms with van der Waals surface area (Å²) in [4.78, 5) is 1.49. The number of alkyl halides is 3. The predicted molar refractivity (Wildman–Crippen MR) is 55.9 cm³/mol. The van der Waals surface area contributed by atoms with Crippen molar-refractivity contribution in [2.75, 3.05) is 26.7 Å². The highest BCUT2D eigenvalue weighted by Gasteiger charge is 2.32. The van der Waals surface area contributed by atoms with Crippen LogP contribution in [0.2, 0.25) is 0 Å². The third-order valence-corrected chi connectivity index (χ3v) is 2.37. The topological polar surface area (TPSA) is 15.3 Å². The average molecular weight is 226 g/mol. The van der Waals surface area contributed by atoms with Crippen LogP contribution in [-0.4, -0.2) is 43.8 Å². The van der Waals surface area contributed by atoms with Crippen LogP contribution in [0.15, 0.2) is 0 Å². The molecule has 0 radical (unpaired) electrons. The first-order valence-corrected chi connectivity index (χ1v) is 5.40. The Balaban J connectivity index is 4.30. The number of halogens is 3. The highest BCUT2D eigenvalue weighted by Crippen LogP contribution is 2.19. The van der Waals surface area contributed by atoms with E-state index in [1.54, 1.807) is 14.0 Å². The molecule has 0 aromatic heterocycles. The Labute approximate surface area is 89.8 Å². The van der Waals surface area contributed by atoms with Crippen LogP contribution in [0.3, 0.4) is 0 Å². The lowest BCUT2D eigenvalue weighted by molar-refractivity contribution is -0.150. The molecule has 0 aliphatic heterocycles. The number of rotatable bonds is 7. The molecule has 15 heavy (non-hydrogen) atoms. The van der Waals surface area contributed by atoms with Crippen LogP contribution in [-0.2, 0) is 0 Å². The maximum atomic E-state index is 12.3. The van der Waals surface area contributed by atoms with Gasteiger partial charge in [0, 0.05) is 12.6 Å². The van der Waals surface area contributed by atoms with Gasteiger partial charge in [-0.3, -0.25) is 4.90 Å².